The first-order valence-corrected chi connectivity index (χ1v) is 10.7. The topological polar surface area (TPSA) is 84.9 Å². The van der Waals surface area contributed by atoms with E-state index >= 15 is 0 Å². The second-order valence-corrected chi connectivity index (χ2v) is 8.17. The number of para-hydroxylation sites is 2. The first-order valence-electron chi connectivity index (χ1n) is 9.26. The lowest BCUT2D eigenvalue weighted by Gasteiger charge is -2.34. The van der Waals surface area contributed by atoms with Gasteiger partial charge in [0, 0.05) is 6.54 Å². The number of rotatable bonds is 7. The van der Waals surface area contributed by atoms with Gasteiger partial charge in [0.2, 0.25) is 0 Å². The van der Waals surface area contributed by atoms with Crippen molar-refractivity contribution in [2.24, 2.45) is 0 Å². The van der Waals surface area contributed by atoms with E-state index in [1.165, 1.54) is 16.4 Å². The highest BCUT2D eigenvalue weighted by Gasteiger charge is 2.37. The van der Waals surface area contributed by atoms with Crippen LogP contribution in [0.3, 0.4) is 0 Å². The van der Waals surface area contributed by atoms with Gasteiger partial charge in [-0.25, -0.2) is 8.42 Å². The number of carbonyl (C=O) groups is 1. The molecule has 1 atom stereocenters. The fraction of sp³-hybridized carbons (Fsp3) is 0.350. The second kappa shape index (κ2) is 8.52. The van der Waals surface area contributed by atoms with Crippen molar-refractivity contribution in [1.82, 2.24) is 5.32 Å². The van der Waals surface area contributed by atoms with Crippen molar-refractivity contribution in [3.05, 3.63) is 48.5 Å². The number of amides is 1. The largest absolute Gasteiger partial charge is 0.494 e. The Labute approximate surface area is 165 Å². The lowest BCUT2D eigenvalue weighted by molar-refractivity contribution is -0.127. The molecule has 0 saturated carbocycles. The molecule has 2 aromatic carbocycles. The molecule has 28 heavy (non-hydrogen) atoms. The van der Waals surface area contributed by atoms with E-state index in [0.29, 0.717) is 30.3 Å². The zero-order valence-electron chi connectivity index (χ0n) is 15.9. The highest BCUT2D eigenvalue weighted by molar-refractivity contribution is 7.92. The van der Waals surface area contributed by atoms with Gasteiger partial charge in [-0.2, -0.15) is 0 Å². The molecular formula is C20H24N2O5S. The number of fused-ring (bicyclic) bond motifs is 1. The Kier molecular flexibility index (Phi) is 6.08. The minimum Gasteiger partial charge on any atom is -0.494 e. The molecule has 0 saturated heterocycles. The van der Waals surface area contributed by atoms with Gasteiger partial charge in [0.25, 0.3) is 15.9 Å². The molecule has 0 radical (unpaired) electrons. The summed E-state index contributed by atoms with van der Waals surface area (Å²) in [5.41, 5.74) is 0.413. The molecule has 1 aliphatic heterocycles. The zero-order chi connectivity index (χ0) is 20.1. The third kappa shape index (κ3) is 4.06. The summed E-state index contributed by atoms with van der Waals surface area (Å²) < 4.78 is 39.0. The standard InChI is InChI=1S/C20H24N2O5S/c1-3-13-21-20(23)19-14-22(17-7-5-6-8-18(17)27-19)28(24,25)16-11-9-15(10-12-16)26-4-2/h5-12,19H,3-4,13-14H2,1-2H3,(H,21,23)/t19-/m0/s1. The number of hydrogen-bond acceptors (Lipinski definition) is 5. The predicted molar refractivity (Wildman–Crippen MR) is 106 cm³/mol. The van der Waals surface area contributed by atoms with Gasteiger partial charge in [0.15, 0.2) is 6.10 Å². The number of benzene rings is 2. The molecule has 3 rings (SSSR count). The van der Waals surface area contributed by atoms with E-state index in [4.69, 9.17) is 9.47 Å². The van der Waals surface area contributed by atoms with E-state index < -0.39 is 16.1 Å². The van der Waals surface area contributed by atoms with Crippen LogP contribution in [-0.2, 0) is 14.8 Å². The smallest absolute Gasteiger partial charge is 0.264 e. The average molecular weight is 404 g/mol. The van der Waals surface area contributed by atoms with Crippen LogP contribution >= 0.6 is 0 Å². The number of nitrogens with zero attached hydrogens (tertiary/aromatic N) is 1. The molecule has 0 fully saturated rings. The summed E-state index contributed by atoms with van der Waals surface area (Å²) in [6.07, 6.45) is -0.137. The minimum absolute atomic E-state index is 0.0951. The second-order valence-electron chi connectivity index (χ2n) is 6.31. The maximum Gasteiger partial charge on any atom is 0.264 e. The highest BCUT2D eigenvalue weighted by atomic mass is 32.2. The molecule has 1 N–H and O–H groups in total. The van der Waals surface area contributed by atoms with Crippen LogP contribution in [0.4, 0.5) is 5.69 Å². The summed E-state index contributed by atoms with van der Waals surface area (Å²) in [5.74, 6) is 0.629. The van der Waals surface area contributed by atoms with Gasteiger partial charge < -0.3 is 14.8 Å². The summed E-state index contributed by atoms with van der Waals surface area (Å²) in [4.78, 5) is 12.5. The Bertz CT molecular complexity index is 928. The lowest BCUT2D eigenvalue weighted by Crippen LogP contribution is -2.50. The van der Waals surface area contributed by atoms with E-state index in [1.807, 2.05) is 13.8 Å². The molecule has 0 spiro atoms. The molecule has 0 aromatic heterocycles. The van der Waals surface area contributed by atoms with Crippen molar-refractivity contribution >= 4 is 21.6 Å². The molecule has 2 aromatic rings. The molecule has 0 aliphatic carbocycles. The number of sulfonamides is 1. The Morgan fingerprint density at radius 1 is 1.18 bits per heavy atom. The first kappa shape index (κ1) is 20.0. The van der Waals surface area contributed by atoms with Gasteiger partial charge in [-0.05, 0) is 49.7 Å². The van der Waals surface area contributed by atoms with Crippen LogP contribution in [-0.4, -0.2) is 40.1 Å². The molecule has 150 valence electrons. The number of hydrogen-bond donors (Lipinski definition) is 1. The van der Waals surface area contributed by atoms with Crippen LogP contribution < -0.4 is 19.1 Å². The fourth-order valence-corrected chi connectivity index (χ4v) is 4.41. The van der Waals surface area contributed by atoms with Crippen LogP contribution in [0.5, 0.6) is 11.5 Å². The molecule has 8 heteroatoms. The van der Waals surface area contributed by atoms with Gasteiger partial charge in [0.1, 0.15) is 11.5 Å². The van der Waals surface area contributed by atoms with Gasteiger partial charge in [0.05, 0.1) is 23.7 Å². The first-order chi connectivity index (χ1) is 13.5. The molecule has 0 unspecified atom stereocenters. The van der Waals surface area contributed by atoms with E-state index in [9.17, 15) is 13.2 Å². The summed E-state index contributed by atoms with van der Waals surface area (Å²) in [7, 11) is -3.88. The summed E-state index contributed by atoms with van der Waals surface area (Å²) in [6.45, 7) is 4.71. The van der Waals surface area contributed by atoms with E-state index in [0.717, 1.165) is 6.42 Å². The van der Waals surface area contributed by atoms with Crippen LogP contribution in [0.2, 0.25) is 0 Å². The number of ether oxygens (including phenoxy) is 2. The molecule has 1 amide bonds. The van der Waals surface area contributed by atoms with Crippen LogP contribution in [0.25, 0.3) is 0 Å². The van der Waals surface area contributed by atoms with Gasteiger partial charge in [-0.1, -0.05) is 19.1 Å². The normalized spacial score (nSPS) is 16.1. The number of anilines is 1. The van der Waals surface area contributed by atoms with Crippen LogP contribution in [0.15, 0.2) is 53.4 Å². The SMILES string of the molecule is CCCNC(=O)[C@@H]1CN(S(=O)(=O)c2ccc(OCC)cc2)c2ccccc2O1. The summed E-state index contributed by atoms with van der Waals surface area (Å²) in [5, 5.41) is 2.76. The van der Waals surface area contributed by atoms with Crippen molar-refractivity contribution in [1.29, 1.82) is 0 Å². The minimum atomic E-state index is -3.88. The number of carbonyl (C=O) groups excluding carboxylic acids is 1. The maximum absolute atomic E-state index is 13.3. The molecular weight excluding hydrogens is 380 g/mol. The Hall–Kier alpha value is -2.74. The van der Waals surface area contributed by atoms with Crippen molar-refractivity contribution in [3.8, 4) is 11.5 Å². The number of nitrogens with one attached hydrogen (secondary N) is 1. The van der Waals surface area contributed by atoms with Crippen molar-refractivity contribution in [2.75, 3.05) is 24.0 Å². The Morgan fingerprint density at radius 3 is 2.57 bits per heavy atom. The van der Waals surface area contributed by atoms with Gasteiger partial charge in [-0.15, -0.1) is 0 Å². The quantitative estimate of drug-likeness (QED) is 0.767. The van der Waals surface area contributed by atoms with Gasteiger partial charge >= 0.3 is 0 Å². The van der Waals surface area contributed by atoms with E-state index in [-0.39, 0.29) is 17.3 Å². The monoisotopic (exact) mass is 404 g/mol. The molecule has 7 nitrogen and oxygen atoms in total. The highest BCUT2D eigenvalue weighted by Crippen LogP contribution is 2.37. The Morgan fingerprint density at radius 2 is 1.89 bits per heavy atom. The van der Waals surface area contributed by atoms with E-state index in [1.54, 1.807) is 36.4 Å². The third-order valence-electron chi connectivity index (χ3n) is 4.30. The average Bonchev–Trinajstić information content (AvgIpc) is 2.71. The zero-order valence-corrected chi connectivity index (χ0v) is 16.7. The molecule has 1 aliphatic rings. The molecule has 1 heterocycles. The summed E-state index contributed by atoms with van der Waals surface area (Å²) >= 11 is 0. The van der Waals surface area contributed by atoms with Crippen molar-refractivity contribution in [3.63, 3.8) is 0 Å². The Balaban J connectivity index is 1.94. The summed E-state index contributed by atoms with van der Waals surface area (Å²) in [6, 6.07) is 13.1. The fourth-order valence-electron chi connectivity index (χ4n) is 2.93. The molecule has 0 bridgehead atoms. The van der Waals surface area contributed by atoms with Crippen molar-refractivity contribution in [2.45, 2.75) is 31.3 Å². The van der Waals surface area contributed by atoms with Gasteiger partial charge in [-0.3, -0.25) is 9.10 Å². The third-order valence-corrected chi connectivity index (χ3v) is 6.09. The lowest BCUT2D eigenvalue weighted by atomic mass is 10.2. The van der Waals surface area contributed by atoms with E-state index in [2.05, 4.69) is 5.32 Å². The van der Waals surface area contributed by atoms with Crippen molar-refractivity contribution < 1.29 is 22.7 Å². The maximum atomic E-state index is 13.3. The predicted octanol–water partition coefficient (Wildman–Crippen LogP) is 2.57. The van der Waals surface area contributed by atoms with Crippen LogP contribution in [0, 0.1) is 0 Å². The van der Waals surface area contributed by atoms with Crippen LogP contribution in [0.1, 0.15) is 20.3 Å².